The number of nitrogens with zero attached hydrogens (tertiary/aromatic N) is 3. The van der Waals surface area contributed by atoms with Crippen LogP contribution in [0.2, 0.25) is 0 Å². The van der Waals surface area contributed by atoms with Crippen molar-refractivity contribution >= 4 is 23.0 Å². The predicted molar refractivity (Wildman–Crippen MR) is 91.1 cm³/mol. The first kappa shape index (κ1) is 15.6. The summed E-state index contributed by atoms with van der Waals surface area (Å²) in [4.78, 5) is 23.9. The molecule has 0 bridgehead atoms. The van der Waals surface area contributed by atoms with Gasteiger partial charge in [-0.1, -0.05) is 24.3 Å². The highest BCUT2D eigenvalue weighted by Crippen LogP contribution is 2.11. The SMILES string of the molecule is CC(=O)N(N=Cc1ccc(F)cc1)n1ccc(=O)c2ccccc21. The van der Waals surface area contributed by atoms with E-state index in [4.69, 9.17) is 0 Å². The minimum atomic E-state index is -0.345. The maximum absolute atomic E-state index is 12.9. The first-order valence-electron chi connectivity index (χ1n) is 7.27. The van der Waals surface area contributed by atoms with Gasteiger partial charge < -0.3 is 0 Å². The maximum Gasteiger partial charge on any atom is 0.259 e. The summed E-state index contributed by atoms with van der Waals surface area (Å²) in [6.07, 6.45) is 2.95. The molecule has 0 aliphatic carbocycles. The first-order chi connectivity index (χ1) is 11.6. The van der Waals surface area contributed by atoms with Gasteiger partial charge in [0.05, 0.1) is 11.7 Å². The Labute approximate surface area is 137 Å². The molecule has 1 amide bonds. The van der Waals surface area contributed by atoms with Gasteiger partial charge in [-0.2, -0.15) is 5.10 Å². The summed E-state index contributed by atoms with van der Waals surface area (Å²) in [6.45, 7) is 1.37. The molecule has 1 aromatic heterocycles. The number of hydrogen-bond acceptors (Lipinski definition) is 3. The zero-order valence-corrected chi connectivity index (χ0v) is 12.9. The van der Waals surface area contributed by atoms with Gasteiger partial charge in [-0.25, -0.2) is 9.07 Å². The second kappa shape index (κ2) is 6.45. The Bertz CT molecular complexity index is 977. The van der Waals surface area contributed by atoms with Crippen LogP contribution in [0.4, 0.5) is 4.39 Å². The summed E-state index contributed by atoms with van der Waals surface area (Å²) in [7, 11) is 0. The molecule has 24 heavy (non-hydrogen) atoms. The van der Waals surface area contributed by atoms with Crippen LogP contribution < -0.4 is 10.5 Å². The van der Waals surface area contributed by atoms with Gasteiger partial charge >= 0.3 is 0 Å². The molecular formula is C18H14FN3O2. The summed E-state index contributed by atoms with van der Waals surface area (Å²) < 4.78 is 14.4. The molecule has 0 atom stereocenters. The van der Waals surface area contributed by atoms with E-state index in [9.17, 15) is 14.0 Å². The number of carbonyl (C=O) groups is 1. The summed E-state index contributed by atoms with van der Waals surface area (Å²) in [5, 5.41) is 5.80. The zero-order chi connectivity index (χ0) is 17.1. The van der Waals surface area contributed by atoms with Crippen LogP contribution >= 0.6 is 0 Å². The normalized spacial score (nSPS) is 11.1. The van der Waals surface area contributed by atoms with E-state index in [-0.39, 0.29) is 17.2 Å². The van der Waals surface area contributed by atoms with Gasteiger partial charge in [-0.3, -0.25) is 9.59 Å². The largest absolute Gasteiger partial charge is 0.289 e. The van der Waals surface area contributed by atoms with Crippen LogP contribution in [0.25, 0.3) is 10.9 Å². The molecule has 3 aromatic rings. The molecule has 2 aromatic carbocycles. The van der Waals surface area contributed by atoms with Crippen LogP contribution in [0.5, 0.6) is 0 Å². The average molecular weight is 323 g/mol. The van der Waals surface area contributed by atoms with Gasteiger partial charge in [0.1, 0.15) is 5.82 Å². The van der Waals surface area contributed by atoms with Crippen molar-refractivity contribution in [1.82, 2.24) is 4.68 Å². The smallest absolute Gasteiger partial charge is 0.259 e. The number of aromatic nitrogens is 1. The predicted octanol–water partition coefficient (Wildman–Crippen LogP) is 2.66. The van der Waals surface area contributed by atoms with E-state index in [2.05, 4.69) is 5.10 Å². The molecule has 0 saturated heterocycles. The second-order valence-corrected chi connectivity index (χ2v) is 5.15. The molecule has 0 radical (unpaired) electrons. The Morgan fingerprint density at radius 1 is 1.12 bits per heavy atom. The number of amides is 1. The summed E-state index contributed by atoms with van der Waals surface area (Å²) >= 11 is 0. The van der Waals surface area contributed by atoms with E-state index in [1.54, 1.807) is 36.4 Å². The van der Waals surface area contributed by atoms with Gasteiger partial charge in [0, 0.05) is 24.6 Å². The van der Waals surface area contributed by atoms with Crippen LogP contribution in [-0.4, -0.2) is 16.8 Å². The molecule has 0 aliphatic heterocycles. The Hall–Kier alpha value is -3.28. The van der Waals surface area contributed by atoms with E-state index >= 15 is 0 Å². The van der Waals surface area contributed by atoms with Crippen LogP contribution in [0.1, 0.15) is 12.5 Å². The van der Waals surface area contributed by atoms with Crippen molar-refractivity contribution in [3.8, 4) is 0 Å². The molecule has 5 nitrogen and oxygen atoms in total. The van der Waals surface area contributed by atoms with Gasteiger partial charge in [-0.05, 0) is 29.8 Å². The lowest BCUT2D eigenvalue weighted by Crippen LogP contribution is -2.34. The number of para-hydroxylation sites is 1. The van der Waals surface area contributed by atoms with Crippen molar-refractivity contribution in [2.24, 2.45) is 5.10 Å². The number of benzene rings is 2. The molecule has 0 unspecified atom stereocenters. The Morgan fingerprint density at radius 2 is 1.83 bits per heavy atom. The second-order valence-electron chi connectivity index (χ2n) is 5.15. The van der Waals surface area contributed by atoms with E-state index in [1.807, 2.05) is 0 Å². The van der Waals surface area contributed by atoms with Gasteiger partial charge in [-0.15, -0.1) is 5.12 Å². The number of pyridine rings is 1. The van der Waals surface area contributed by atoms with Crippen LogP contribution in [-0.2, 0) is 4.79 Å². The molecular weight excluding hydrogens is 309 g/mol. The highest BCUT2D eigenvalue weighted by Gasteiger charge is 2.12. The number of rotatable bonds is 3. The molecule has 120 valence electrons. The van der Waals surface area contributed by atoms with Crippen LogP contribution in [0, 0.1) is 5.82 Å². The number of fused-ring (bicyclic) bond motifs is 1. The molecule has 0 fully saturated rings. The van der Waals surface area contributed by atoms with E-state index in [0.717, 1.165) is 5.12 Å². The standard InChI is InChI=1S/C18H14FN3O2/c1-13(23)22(20-12-14-6-8-15(19)9-7-14)21-11-10-18(24)16-4-2-3-5-17(16)21/h2-12H,1H3. The summed E-state index contributed by atoms with van der Waals surface area (Å²) in [6, 6.07) is 14.1. The molecule has 3 rings (SSSR count). The fourth-order valence-corrected chi connectivity index (χ4v) is 2.31. The molecule has 0 spiro atoms. The fourth-order valence-electron chi connectivity index (χ4n) is 2.31. The highest BCUT2D eigenvalue weighted by atomic mass is 19.1. The molecule has 6 heteroatoms. The van der Waals surface area contributed by atoms with Crippen molar-refractivity contribution in [3.63, 3.8) is 0 Å². The number of hydrazone groups is 1. The number of hydrogen-bond donors (Lipinski definition) is 0. The third-order valence-corrected chi connectivity index (χ3v) is 3.46. The van der Waals surface area contributed by atoms with Gasteiger partial charge in [0.2, 0.25) is 0 Å². The van der Waals surface area contributed by atoms with E-state index < -0.39 is 0 Å². The van der Waals surface area contributed by atoms with Crippen molar-refractivity contribution in [2.75, 3.05) is 5.12 Å². The fraction of sp³-hybridized carbons (Fsp3) is 0.0556. The quantitative estimate of drug-likeness (QED) is 0.550. The monoisotopic (exact) mass is 323 g/mol. The van der Waals surface area contributed by atoms with Crippen molar-refractivity contribution in [3.05, 3.63) is 82.4 Å². The average Bonchev–Trinajstić information content (AvgIpc) is 2.58. The van der Waals surface area contributed by atoms with Gasteiger partial charge in [0.25, 0.3) is 5.91 Å². The summed E-state index contributed by atoms with van der Waals surface area (Å²) in [5.41, 5.74) is 1.08. The third kappa shape index (κ3) is 3.08. The van der Waals surface area contributed by atoms with E-state index in [1.165, 1.54) is 42.2 Å². The Kier molecular flexibility index (Phi) is 4.20. The highest BCUT2D eigenvalue weighted by molar-refractivity contribution is 5.89. The minimum absolute atomic E-state index is 0.132. The minimum Gasteiger partial charge on any atom is -0.289 e. The lowest BCUT2D eigenvalue weighted by atomic mass is 10.2. The zero-order valence-electron chi connectivity index (χ0n) is 12.9. The summed E-state index contributed by atoms with van der Waals surface area (Å²) in [5.74, 6) is -0.677. The molecule has 0 aliphatic rings. The first-order valence-corrected chi connectivity index (χ1v) is 7.27. The maximum atomic E-state index is 12.9. The lowest BCUT2D eigenvalue weighted by molar-refractivity contribution is -0.118. The molecule has 1 heterocycles. The number of halogens is 1. The lowest BCUT2D eigenvalue weighted by Gasteiger charge is -2.20. The molecule has 0 N–H and O–H groups in total. The molecule has 0 saturated carbocycles. The third-order valence-electron chi connectivity index (χ3n) is 3.46. The Morgan fingerprint density at radius 3 is 2.54 bits per heavy atom. The van der Waals surface area contributed by atoms with Crippen molar-refractivity contribution in [2.45, 2.75) is 6.92 Å². The Balaban J connectivity index is 2.06. The number of carbonyl (C=O) groups excluding carboxylic acids is 1. The van der Waals surface area contributed by atoms with E-state index in [0.29, 0.717) is 16.5 Å². The van der Waals surface area contributed by atoms with Crippen molar-refractivity contribution in [1.29, 1.82) is 0 Å². The topological polar surface area (TPSA) is 54.7 Å². The van der Waals surface area contributed by atoms with Gasteiger partial charge in [0.15, 0.2) is 5.43 Å². The van der Waals surface area contributed by atoms with Crippen LogP contribution in [0.15, 0.2) is 70.7 Å². The van der Waals surface area contributed by atoms with Crippen molar-refractivity contribution < 1.29 is 9.18 Å². The van der Waals surface area contributed by atoms with Crippen LogP contribution in [0.3, 0.4) is 0 Å².